The van der Waals surface area contributed by atoms with Crippen LogP contribution in [0.1, 0.15) is 55.1 Å². The minimum Gasteiger partial charge on any atom is -0.313 e. The normalized spacial score (nSPS) is 13.1. The van der Waals surface area contributed by atoms with E-state index in [4.69, 9.17) is 0 Å². The molecule has 2 heterocycles. The third-order valence-corrected chi connectivity index (χ3v) is 6.34. The van der Waals surface area contributed by atoms with Crippen LogP contribution in [0.2, 0.25) is 0 Å². The van der Waals surface area contributed by atoms with Gasteiger partial charge in [0.15, 0.2) is 0 Å². The van der Waals surface area contributed by atoms with Gasteiger partial charge in [0.1, 0.15) is 5.00 Å². The lowest BCUT2D eigenvalue weighted by Gasteiger charge is -2.11. The lowest BCUT2D eigenvalue weighted by molar-refractivity contribution is 0.0953. The summed E-state index contributed by atoms with van der Waals surface area (Å²) in [5.74, 6) is -0.463. The molecule has 2 amide bonds. The van der Waals surface area contributed by atoms with Crippen LogP contribution in [-0.2, 0) is 12.8 Å². The van der Waals surface area contributed by atoms with Gasteiger partial charge in [-0.15, -0.1) is 11.3 Å². The molecule has 7 heteroatoms. The van der Waals surface area contributed by atoms with E-state index in [9.17, 15) is 9.59 Å². The molecule has 0 fully saturated rings. The second-order valence-corrected chi connectivity index (χ2v) is 8.27. The van der Waals surface area contributed by atoms with E-state index in [2.05, 4.69) is 20.8 Å². The van der Waals surface area contributed by atoms with E-state index in [0.29, 0.717) is 11.1 Å². The molecule has 0 radical (unpaired) electrons. The Kier molecular flexibility index (Phi) is 5.99. The Balaban J connectivity index is 1.57. The Morgan fingerprint density at radius 1 is 1.10 bits per heavy atom. The number of carbonyl (C=O) groups excluding carboxylic acids is 2. The first-order valence-electron chi connectivity index (χ1n) is 9.88. The van der Waals surface area contributed by atoms with Gasteiger partial charge in [0.25, 0.3) is 11.8 Å². The van der Waals surface area contributed by atoms with Crippen molar-refractivity contribution < 1.29 is 9.59 Å². The number of fused-ring (bicyclic) bond motifs is 1. The van der Waals surface area contributed by atoms with Crippen LogP contribution in [-0.4, -0.2) is 23.0 Å². The van der Waals surface area contributed by atoms with Gasteiger partial charge in [0.05, 0.1) is 11.8 Å². The summed E-state index contributed by atoms with van der Waals surface area (Å²) >= 11 is 1.60. The average molecular weight is 419 g/mol. The Hall–Kier alpha value is -3.32. The lowest BCUT2D eigenvalue weighted by atomic mass is 9.96. The minimum absolute atomic E-state index is 0.138. The monoisotopic (exact) mass is 418 g/mol. The first-order chi connectivity index (χ1) is 14.6. The molecule has 1 aliphatic rings. The molecule has 2 N–H and O–H groups in total. The number of hydrogen-bond donors (Lipinski definition) is 2. The lowest BCUT2D eigenvalue weighted by Crippen LogP contribution is -2.18. The second kappa shape index (κ2) is 9.00. The number of hydrogen-bond acceptors (Lipinski definition) is 5. The highest BCUT2D eigenvalue weighted by molar-refractivity contribution is 7.17. The molecular weight excluding hydrogens is 396 g/mol. The van der Waals surface area contributed by atoms with Crippen LogP contribution in [0, 0.1) is 6.92 Å². The van der Waals surface area contributed by atoms with Crippen molar-refractivity contribution in [3.05, 3.63) is 81.5 Å². The quantitative estimate of drug-likeness (QED) is 0.477. The van der Waals surface area contributed by atoms with Crippen molar-refractivity contribution in [2.75, 3.05) is 5.32 Å². The molecule has 152 valence electrons. The van der Waals surface area contributed by atoms with Crippen LogP contribution in [0.25, 0.3) is 0 Å². The molecule has 2 aromatic heterocycles. The molecule has 0 bridgehead atoms. The molecule has 30 heavy (non-hydrogen) atoms. The third kappa shape index (κ3) is 4.31. The fourth-order valence-corrected chi connectivity index (χ4v) is 4.79. The summed E-state index contributed by atoms with van der Waals surface area (Å²) in [5.41, 5.74) is 6.66. The van der Waals surface area contributed by atoms with E-state index in [1.165, 1.54) is 16.6 Å². The SMILES string of the molecule is Cc1ccccc1C(=O)Nc1sc2c(c1/C=N\NC(=O)c1cccnc1)CCCC2. The standard InChI is InChI=1S/C23H22N4O2S/c1-15-7-2-3-9-17(15)22(29)26-23-19(18-10-4-5-11-20(18)30-23)14-25-27-21(28)16-8-6-12-24-13-16/h2-3,6-9,12-14H,4-5,10-11H2,1H3,(H,26,29)(H,27,28)/b25-14-. The van der Waals surface area contributed by atoms with E-state index in [1.807, 2.05) is 31.2 Å². The first-order valence-corrected chi connectivity index (χ1v) is 10.7. The summed E-state index contributed by atoms with van der Waals surface area (Å²) in [5, 5.41) is 7.99. The minimum atomic E-state index is -0.325. The third-order valence-electron chi connectivity index (χ3n) is 5.11. The van der Waals surface area contributed by atoms with Crippen LogP contribution in [0.3, 0.4) is 0 Å². The maximum absolute atomic E-state index is 12.8. The Morgan fingerprint density at radius 3 is 2.73 bits per heavy atom. The summed E-state index contributed by atoms with van der Waals surface area (Å²) in [6.45, 7) is 1.92. The van der Waals surface area contributed by atoms with Crippen molar-refractivity contribution in [2.45, 2.75) is 32.6 Å². The zero-order chi connectivity index (χ0) is 20.9. The summed E-state index contributed by atoms with van der Waals surface area (Å²) in [6.07, 6.45) is 8.95. The number of nitrogens with one attached hydrogen (secondary N) is 2. The van der Waals surface area contributed by atoms with Gasteiger partial charge in [0.2, 0.25) is 0 Å². The van der Waals surface area contributed by atoms with Gasteiger partial charge in [-0.3, -0.25) is 14.6 Å². The van der Waals surface area contributed by atoms with E-state index >= 15 is 0 Å². The van der Waals surface area contributed by atoms with Crippen LogP contribution < -0.4 is 10.7 Å². The predicted molar refractivity (Wildman–Crippen MR) is 119 cm³/mol. The summed E-state index contributed by atoms with van der Waals surface area (Å²) in [4.78, 5) is 30.3. The Labute approximate surface area is 179 Å². The zero-order valence-electron chi connectivity index (χ0n) is 16.6. The number of pyridine rings is 1. The Bertz CT molecular complexity index is 1110. The molecule has 0 atom stereocenters. The fraction of sp³-hybridized carbons (Fsp3) is 0.217. The van der Waals surface area contributed by atoms with E-state index < -0.39 is 0 Å². The van der Waals surface area contributed by atoms with Gasteiger partial charge in [-0.05, 0) is 61.9 Å². The predicted octanol–water partition coefficient (Wildman–Crippen LogP) is 4.35. The largest absolute Gasteiger partial charge is 0.313 e. The van der Waals surface area contributed by atoms with Crippen molar-refractivity contribution in [3.63, 3.8) is 0 Å². The van der Waals surface area contributed by atoms with Gasteiger partial charge in [-0.25, -0.2) is 5.43 Å². The highest BCUT2D eigenvalue weighted by Crippen LogP contribution is 2.37. The highest BCUT2D eigenvalue weighted by atomic mass is 32.1. The maximum atomic E-state index is 12.8. The molecular formula is C23H22N4O2S. The fourth-order valence-electron chi connectivity index (χ4n) is 3.53. The number of amides is 2. The zero-order valence-corrected chi connectivity index (χ0v) is 17.5. The molecule has 0 aliphatic heterocycles. The molecule has 0 saturated carbocycles. The van der Waals surface area contributed by atoms with Crippen LogP contribution in [0.15, 0.2) is 53.9 Å². The molecule has 4 rings (SSSR count). The van der Waals surface area contributed by atoms with Crippen molar-refractivity contribution in [2.24, 2.45) is 5.10 Å². The van der Waals surface area contributed by atoms with Crippen LogP contribution in [0.4, 0.5) is 5.00 Å². The van der Waals surface area contributed by atoms with Crippen molar-refractivity contribution in [1.82, 2.24) is 10.4 Å². The van der Waals surface area contributed by atoms with Crippen LogP contribution in [0.5, 0.6) is 0 Å². The smallest absolute Gasteiger partial charge is 0.272 e. The average Bonchev–Trinajstić information content (AvgIpc) is 3.11. The number of nitrogens with zero attached hydrogens (tertiary/aromatic N) is 2. The van der Waals surface area contributed by atoms with E-state index in [-0.39, 0.29) is 11.8 Å². The number of hydrazone groups is 1. The Morgan fingerprint density at radius 2 is 1.93 bits per heavy atom. The summed E-state index contributed by atoms with van der Waals surface area (Å²) in [7, 11) is 0. The topological polar surface area (TPSA) is 83.5 Å². The number of benzene rings is 1. The molecule has 1 aromatic carbocycles. The number of rotatable bonds is 5. The van der Waals surface area contributed by atoms with Crippen LogP contribution >= 0.6 is 11.3 Å². The molecule has 3 aromatic rings. The second-order valence-electron chi connectivity index (χ2n) is 7.16. The molecule has 0 spiro atoms. The summed E-state index contributed by atoms with van der Waals surface area (Å²) < 4.78 is 0. The van der Waals surface area contributed by atoms with Gasteiger partial charge in [0, 0.05) is 28.4 Å². The van der Waals surface area contributed by atoms with Gasteiger partial charge in [-0.2, -0.15) is 5.10 Å². The maximum Gasteiger partial charge on any atom is 0.272 e. The highest BCUT2D eigenvalue weighted by Gasteiger charge is 2.21. The van der Waals surface area contributed by atoms with E-state index in [1.54, 1.807) is 35.9 Å². The molecule has 6 nitrogen and oxygen atoms in total. The van der Waals surface area contributed by atoms with Crippen molar-refractivity contribution in [1.29, 1.82) is 0 Å². The number of aryl methyl sites for hydroxylation is 2. The summed E-state index contributed by atoms with van der Waals surface area (Å²) in [6, 6.07) is 10.9. The number of carbonyl (C=O) groups is 2. The number of anilines is 1. The molecule has 0 unspecified atom stereocenters. The molecule has 1 aliphatic carbocycles. The molecule has 0 saturated heterocycles. The van der Waals surface area contributed by atoms with Crippen molar-refractivity contribution in [3.8, 4) is 0 Å². The van der Waals surface area contributed by atoms with Gasteiger partial charge < -0.3 is 5.32 Å². The van der Waals surface area contributed by atoms with Gasteiger partial charge in [-0.1, -0.05) is 18.2 Å². The van der Waals surface area contributed by atoms with Gasteiger partial charge >= 0.3 is 0 Å². The number of thiophene rings is 1. The van der Waals surface area contributed by atoms with E-state index in [0.717, 1.165) is 41.8 Å². The van der Waals surface area contributed by atoms with Crippen molar-refractivity contribution >= 4 is 34.4 Å². The number of aromatic nitrogens is 1. The first kappa shape index (κ1) is 20.0.